The molecule has 2 amide bonds. The third-order valence-electron chi connectivity index (χ3n) is 4.46. The Morgan fingerprint density at radius 3 is 2.83 bits per heavy atom. The molecule has 156 valence electrons. The summed E-state index contributed by atoms with van der Waals surface area (Å²) >= 11 is 6.56. The summed E-state index contributed by atoms with van der Waals surface area (Å²) in [7, 11) is 1.47. The molecule has 1 heterocycles. The number of hydrogen-bond acceptors (Lipinski definition) is 6. The van der Waals surface area contributed by atoms with Crippen molar-refractivity contribution < 1.29 is 19.4 Å². The van der Waals surface area contributed by atoms with Crippen LogP contribution in [0.4, 0.5) is 5.69 Å². The van der Waals surface area contributed by atoms with Crippen molar-refractivity contribution in [2.24, 2.45) is 0 Å². The molecule has 0 bridgehead atoms. The summed E-state index contributed by atoms with van der Waals surface area (Å²) in [5, 5.41) is 12.6. The highest BCUT2D eigenvalue weighted by Gasteiger charge is 2.31. The number of thioether (sulfide) groups is 1. The Balaban J connectivity index is 1.56. The van der Waals surface area contributed by atoms with Crippen LogP contribution in [0.5, 0.6) is 11.5 Å². The number of rotatable bonds is 7. The highest BCUT2D eigenvalue weighted by Crippen LogP contribution is 2.34. The third kappa shape index (κ3) is 5.40. The number of anilines is 1. The molecule has 2 aromatic carbocycles. The van der Waals surface area contributed by atoms with Gasteiger partial charge in [-0.3, -0.25) is 14.5 Å². The number of carbonyl (C=O) groups is 2. The molecule has 0 radical (unpaired) electrons. The fourth-order valence-corrected chi connectivity index (χ4v) is 4.28. The molecule has 1 fully saturated rings. The van der Waals surface area contributed by atoms with Gasteiger partial charge >= 0.3 is 0 Å². The van der Waals surface area contributed by atoms with E-state index in [4.69, 9.17) is 17.0 Å². The van der Waals surface area contributed by atoms with Gasteiger partial charge in [0.2, 0.25) is 5.91 Å². The lowest BCUT2D eigenvalue weighted by Crippen LogP contribution is -2.29. The van der Waals surface area contributed by atoms with E-state index < -0.39 is 0 Å². The van der Waals surface area contributed by atoms with E-state index in [2.05, 4.69) is 5.32 Å². The average Bonchev–Trinajstić information content (AvgIpc) is 2.96. The van der Waals surface area contributed by atoms with Crippen LogP contribution in [-0.2, 0) is 9.59 Å². The van der Waals surface area contributed by atoms with Gasteiger partial charge in [-0.05, 0) is 54.8 Å². The van der Waals surface area contributed by atoms with E-state index in [0.29, 0.717) is 34.4 Å². The Morgan fingerprint density at radius 1 is 1.30 bits per heavy atom. The van der Waals surface area contributed by atoms with Gasteiger partial charge in [0, 0.05) is 18.7 Å². The molecule has 1 aliphatic heterocycles. The van der Waals surface area contributed by atoms with Crippen molar-refractivity contribution in [3.63, 3.8) is 0 Å². The number of amides is 2. The van der Waals surface area contributed by atoms with Crippen molar-refractivity contribution in [2.45, 2.75) is 19.8 Å². The molecule has 0 atom stereocenters. The van der Waals surface area contributed by atoms with Crippen molar-refractivity contribution in [1.29, 1.82) is 0 Å². The Labute approximate surface area is 184 Å². The van der Waals surface area contributed by atoms with Crippen molar-refractivity contribution in [1.82, 2.24) is 4.90 Å². The zero-order valence-corrected chi connectivity index (χ0v) is 18.3. The van der Waals surface area contributed by atoms with Crippen LogP contribution in [-0.4, -0.2) is 39.8 Å². The van der Waals surface area contributed by atoms with Crippen LogP contribution < -0.4 is 10.1 Å². The van der Waals surface area contributed by atoms with Gasteiger partial charge in [0.25, 0.3) is 5.91 Å². The fraction of sp³-hybridized carbons (Fsp3) is 0.227. The summed E-state index contributed by atoms with van der Waals surface area (Å²) in [6, 6.07) is 12.5. The lowest BCUT2D eigenvalue weighted by atomic mass is 10.2. The molecule has 1 aliphatic rings. The number of nitrogens with zero attached hydrogens (tertiary/aromatic N) is 1. The number of ether oxygens (including phenoxy) is 1. The van der Waals surface area contributed by atoms with Crippen LogP contribution in [0.3, 0.4) is 0 Å². The number of benzene rings is 2. The first-order valence-corrected chi connectivity index (χ1v) is 10.6. The van der Waals surface area contributed by atoms with E-state index >= 15 is 0 Å². The molecule has 0 spiro atoms. The summed E-state index contributed by atoms with van der Waals surface area (Å²) in [5.41, 5.74) is 2.56. The molecule has 1 saturated heterocycles. The lowest BCUT2D eigenvalue weighted by Gasteiger charge is -2.14. The SMILES string of the molecule is COc1cc(/C=C2\SC(=S)N(CCCC(=O)Nc3cccc(C)c3)C2=O)ccc1O. The predicted molar refractivity (Wildman–Crippen MR) is 124 cm³/mol. The summed E-state index contributed by atoms with van der Waals surface area (Å²) in [5.74, 6) is 0.0823. The summed E-state index contributed by atoms with van der Waals surface area (Å²) in [6.45, 7) is 2.34. The van der Waals surface area contributed by atoms with Gasteiger partial charge in [-0.25, -0.2) is 0 Å². The van der Waals surface area contributed by atoms with Crippen molar-refractivity contribution in [3.05, 3.63) is 58.5 Å². The minimum absolute atomic E-state index is 0.0335. The number of nitrogens with one attached hydrogen (secondary N) is 1. The molecule has 2 aromatic rings. The second-order valence-corrected chi connectivity index (χ2v) is 8.46. The number of phenols is 1. The number of aryl methyl sites for hydroxylation is 1. The highest BCUT2D eigenvalue weighted by atomic mass is 32.2. The number of thiocarbonyl (C=S) groups is 1. The Morgan fingerprint density at radius 2 is 2.10 bits per heavy atom. The second kappa shape index (κ2) is 9.77. The minimum Gasteiger partial charge on any atom is -0.504 e. The first-order valence-electron chi connectivity index (χ1n) is 9.36. The number of carbonyl (C=O) groups excluding carboxylic acids is 2. The number of methoxy groups -OCH3 is 1. The van der Waals surface area contributed by atoms with Crippen LogP contribution >= 0.6 is 24.0 Å². The molecule has 3 rings (SSSR count). The van der Waals surface area contributed by atoms with E-state index in [9.17, 15) is 14.7 Å². The normalized spacial score (nSPS) is 15.0. The molecular weight excluding hydrogens is 420 g/mol. The molecule has 8 heteroatoms. The van der Waals surface area contributed by atoms with Gasteiger partial charge in [0.15, 0.2) is 11.5 Å². The number of aromatic hydroxyl groups is 1. The first kappa shape index (κ1) is 21.9. The number of hydrogen-bond donors (Lipinski definition) is 2. The van der Waals surface area contributed by atoms with Gasteiger partial charge in [0.1, 0.15) is 4.32 Å². The van der Waals surface area contributed by atoms with Gasteiger partial charge in [0.05, 0.1) is 12.0 Å². The van der Waals surface area contributed by atoms with Crippen LogP contribution in [0.25, 0.3) is 6.08 Å². The van der Waals surface area contributed by atoms with Crippen LogP contribution in [0.1, 0.15) is 24.0 Å². The monoisotopic (exact) mass is 442 g/mol. The van der Waals surface area contributed by atoms with Gasteiger partial charge in [-0.15, -0.1) is 0 Å². The molecule has 2 N–H and O–H groups in total. The van der Waals surface area contributed by atoms with Crippen molar-refractivity contribution in [2.75, 3.05) is 19.0 Å². The van der Waals surface area contributed by atoms with E-state index in [-0.39, 0.29) is 17.6 Å². The summed E-state index contributed by atoms with van der Waals surface area (Å²) in [6.07, 6.45) is 2.51. The smallest absolute Gasteiger partial charge is 0.266 e. The molecule has 30 heavy (non-hydrogen) atoms. The maximum Gasteiger partial charge on any atom is 0.266 e. The zero-order chi connectivity index (χ0) is 21.7. The quantitative estimate of drug-likeness (QED) is 0.491. The predicted octanol–water partition coefficient (Wildman–Crippen LogP) is 4.33. The molecule has 0 aromatic heterocycles. The van der Waals surface area contributed by atoms with Gasteiger partial charge in [-0.2, -0.15) is 0 Å². The minimum atomic E-state index is -0.184. The van der Waals surface area contributed by atoms with E-state index in [1.165, 1.54) is 29.8 Å². The second-order valence-electron chi connectivity index (χ2n) is 6.79. The largest absolute Gasteiger partial charge is 0.504 e. The average molecular weight is 443 g/mol. The zero-order valence-electron chi connectivity index (χ0n) is 16.7. The molecule has 0 aliphatic carbocycles. The maximum atomic E-state index is 12.7. The molecular formula is C22H22N2O4S2. The van der Waals surface area contributed by atoms with Crippen LogP contribution in [0, 0.1) is 6.92 Å². The summed E-state index contributed by atoms with van der Waals surface area (Å²) < 4.78 is 5.57. The van der Waals surface area contributed by atoms with E-state index in [1.54, 1.807) is 18.2 Å². The standard InChI is InChI=1S/C22H22N2O4S2/c1-14-5-3-6-16(11-14)23-20(26)7-4-10-24-21(27)19(30-22(24)29)13-15-8-9-17(25)18(12-15)28-2/h3,5-6,8-9,11-13,25H,4,7,10H2,1-2H3,(H,23,26)/b19-13-. The Kier molecular flexibility index (Phi) is 7.12. The molecule has 0 saturated carbocycles. The topological polar surface area (TPSA) is 78.9 Å². The molecule has 6 nitrogen and oxygen atoms in total. The Hall–Kier alpha value is -2.84. The Bertz CT molecular complexity index is 1020. The highest BCUT2D eigenvalue weighted by molar-refractivity contribution is 8.26. The van der Waals surface area contributed by atoms with Gasteiger partial charge in [-0.1, -0.05) is 42.2 Å². The fourth-order valence-electron chi connectivity index (χ4n) is 2.97. The molecule has 0 unspecified atom stereocenters. The van der Waals surface area contributed by atoms with E-state index in [1.807, 2.05) is 31.2 Å². The third-order valence-corrected chi connectivity index (χ3v) is 5.84. The van der Waals surface area contributed by atoms with Crippen LogP contribution in [0.2, 0.25) is 0 Å². The number of phenolic OH excluding ortho intramolecular Hbond substituents is 1. The van der Waals surface area contributed by atoms with Gasteiger partial charge < -0.3 is 15.2 Å². The van der Waals surface area contributed by atoms with Crippen molar-refractivity contribution >= 4 is 51.9 Å². The first-order chi connectivity index (χ1) is 14.4. The maximum absolute atomic E-state index is 12.7. The summed E-state index contributed by atoms with van der Waals surface area (Å²) in [4.78, 5) is 26.9. The van der Waals surface area contributed by atoms with E-state index in [0.717, 1.165) is 16.8 Å². The van der Waals surface area contributed by atoms with Crippen molar-refractivity contribution in [3.8, 4) is 11.5 Å². The lowest BCUT2D eigenvalue weighted by molar-refractivity contribution is -0.122. The van der Waals surface area contributed by atoms with Crippen LogP contribution in [0.15, 0.2) is 47.4 Å².